The van der Waals surface area contributed by atoms with Crippen LogP contribution < -0.4 is 0 Å². The summed E-state index contributed by atoms with van der Waals surface area (Å²) < 4.78 is 5.08. The average Bonchev–Trinajstić information content (AvgIpc) is 2.02. The number of hydrogen-bond acceptors (Lipinski definition) is 2. The molecule has 0 aliphatic carbocycles. The number of rotatable bonds is 0. The Morgan fingerprint density at radius 3 is 3.10 bits per heavy atom. The van der Waals surface area contributed by atoms with Crippen LogP contribution in [0.25, 0.3) is 0 Å². The Morgan fingerprint density at radius 1 is 1.30 bits per heavy atom. The third kappa shape index (κ3) is 2.31. The normalized spacial score (nSPS) is 8.50. The van der Waals surface area contributed by atoms with Crippen molar-refractivity contribution in [3.05, 3.63) is 42.6 Å². The van der Waals surface area contributed by atoms with Crippen LogP contribution in [0.5, 0.6) is 0 Å². The van der Waals surface area contributed by atoms with Gasteiger partial charge < -0.3 is 4.42 Å². The quantitative estimate of drug-likeness (QED) is 0.544. The van der Waals surface area contributed by atoms with Crippen LogP contribution in [0.15, 0.2) is 41.3 Å². The Morgan fingerprint density at radius 2 is 2.20 bits per heavy atom. The van der Waals surface area contributed by atoms with Crippen LogP contribution in [0.3, 0.4) is 0 Å². The molecule has 1 rings (SSSR count). The van der Waals surface area contributed by atoms with E-state index >= 15 is 0 Å². The van der Waals surface area contributed by atoms with Gasteiger partial charge in [-0.1, -0.05) is 6.07 Å². The minimum absolute atomic E-state index is 0.859. The van der Waals surface area contributed by atoms with Gasteiger partial charge in [-0.3, -0.25) is 4.98 Å². The molecule has 0 fully saturated rings. The van der Waals surface area contributed by atoms with Gasteiger partial charge in [-0.25, -0.2) is 0 Å². The monoisotopic (exact) mass is 135 g/mol. The van der Waals surface area contributed by atoms with E-state index < -0.39 is 0 Å². The maximum atomic E-state index is 5.08. The Hall–Kier alpha value is -1.31. The van der Waals surface area contributed by atoms with Crippen molar-refractivity contribution < 1.29 is 4.42 Å². The van der Waals surface area contributed by atoms with Gasteiger partial charge in [0.05, 0.1) is 6.20 Å². The number of nitrogens with zero attached hydrogens (tertiary/aromatic N) is 1. The van der Waals surface area contributed by atoms with E-state index in [-0.39, 0.29) is 0 Å². The maximum Gasteiger partial charge on any atom is 0.109 e. The molecule has 2 nitrogen and oxygen atoms in total. The number of hydrogen-bond donors (Lipinski definition) is 0. The summed E-state index contributed by atoms with van der Waals surface area (Å²) in [6.45, 7) is 1.89. The van der Waals surface area contributed by atoms with Crippen molar-refractivity contribution in [3.8, 4) is 0 Å². The highest BCUT2D eigenvalue weighted by Crippen LogP contribution is 1.88. The fraction of sp³-hybridized carbons (Fsp3) is 0.125. The lowest BCUT2D eigenvalue weighted by molar-refractivity contribution is 0.519. The first-order chi connectivity index (χ1) is 4.89. The highest BCUT2D eigenvalue weighted by Gasteiger charge is 1.72. The lowest BCUT2D eigenvalue weighted by Gasteiger charge is -1.78. The molecule has 0 aliphatic rings. The summed E-state index contributed by atoms with van der Waals surface area (Å²) in [5, 5.41) is 0. The molecule has 0 bridgehead atoms. The number of aryl methyl sites for hydroxylation is 1. The van der Waals surface area contributed by atoms with E-state index in [9.17, 15) is 0 Å². The number of aromatic nitrogens is 1. The minimum atomic E-state index is 0.859. The summed E-state index contributed by atoms with van der Waals surface area (Å²) in [5.41, 5.74) is 0. The van der Waals surface area contributed by atoms with E-state index in [0.29, 0.717) is 0 Å². The highest BCUT2D eigenvalue weighted by molar-refractivity contribution is 4.93. The van der Waals surface area contributed by atoms with Crippen molar-refractivity contribution in [2.24, 2.45) is 0 Å². The molecule has 0 aliphatic heterocycles. The molecule has 52 valence electrons. The molecule has 1 aromatic heterocycles. The molecule has 0 atom stereocenters. The summed E-state index contributed by atoms with van der Waals surface area (Å²) in [4.78, 5) is 3.87. The van der Waals surface area contributed by atoms with Crippen LogP contribution in [-0.2, 0) is 0 Å². The van der Waals surface area contributed by atoms with E-state index in [2.05, 4.69) is 4.98 Å². The molecule has 0 N–H and O–H groups in total. The van der Waals surface area contributed by atoms with Crippen LogP contribution in [0.1, 0.15) is 5.76 Å². The predicted molar refractivity (Wildman–Crippen MR) is 38.9 cm³/mol. The van der Waals surface area contributed by atoms with Gasteiger partial charge in [0.15, 0.2) is 0 Å². The average molecular weight is 135 g/mol. The van der Waals surface area contributed by atoms with E-state index in [0.717, 1.165) is 5.76 Å². The second-order valence-electron chi connectivity index (χ2n) is 1.86. The SMILES string of the molecule is Cc1ccccncco1. The molecule has 0 radical (unpaired) electrons. The fourth-order valence-corrected chi connectivity index (χ4v) is 0.552. The van der Waals surface area contributed by atoms with Crippen molar-refractivity contribution in [1.29, 1.82) is 0 Å². The third-order valence-corrected chi connectivity index (χ3v) is 1.02. The first kappa shape index (κ1) is 6.81. The van der Waals surface area contributed by atoms with Gasteiger partial charge >= 0.3 is 0 Å². The van der Waals surface area contributed by atoms with Crippen molar-refractivity contribution in [3.63, 3.8) is 0 Å². The zero-order valence-corrected chi connectivity index (χ0v) is 5.82. The lowest BCUT2D eigenvalue weighted by atomic mass is 10.5. The van der Waals surface area contributed by atoms with Crippen molar-refractivity contribution >= 4 is 0 Å². The summed E-state index contributed by atoms with van der Waals surface area (Å²) in [6.07, 6.45) is 4.86. The van der Waals surface area contributed by atoms with Crippen LogP contribution >= 0.6 is 0 Å². The van der Waals surface area contributed by atoms with Gasteiger partial charge in [0.1, 0.15) is 12.0 Å². The Bertz CT molecular complexity index is 217. The van der Waals surface area contributed by atoms with Crippen molar-refractivity contribution in [1.82, 2.24) is 4.98 Å². The molecular formula is C8H9NO. The second-order valence-corrected chi connectivity index (χ2v) is 1.86. The van der Waals surface area contributed by atoms with Crippen molar-refractivity contribution in [2.75, 3.05) is 0 Å². The zero-order chi connectivity index (χ0) is 7.23. The second kappa shape index (κ2) is 3.67. The predicted octanol–water partition coefficient (Wildman–Crippen LogP) is 2.11. The first-order valence-electron chi connectivity index (χ1n) is 3.08. The first-order valence-corrected chi connectivity index (χ1v) is 3.08. The largest absolute Gasteiger partial charge is 0.468 e. The van der Waals surface area contributed by atoms with Crippen molar-refractivity contribution in [2.45, 2.75) is 6.92 Å². The third-order valence-electron chi connectivity index (χ3n) is 1.02. The lowest BCUT2D eigenvalue weighted by Crippen LogP contribution is -1.58. The van der Waals surface area contributed by atoms with Gasteiger partial charge in [0.2, 0.25) is 0 Å². The summed E-state index contributed by atoms with van der Waals surface area (Å²) in [5.74, 6) is 0.859. The molecule has 1 aromatic rings. The van der Waals surface area contributed by atoms with Crippen LogP contribution in [-0.4, -0.2) is 4.98 Å². The topological polar surface area (TPSA) is 26.0 Å². The highest BCUT2D eigenvalue weighted by atomic mass is 16.3. The molecule has 0 saturated heterocycles. The summed E-state index contributed by atoms with van der Waals surface area (Å²) in [7, 11) is 0. The zero-order valence-electron chi connectivity index (χ0n) is 5.82. The van der Waals surface area contributed by atoms with Crippen LogP contribution in [0, 0.1) is 6.92 Å². The van der Waals surface area contributed by atoms with E-state index in [4.69, 9.17) is 4.42 Å². The van der Waals surface area contributed by atoms with Gasteiger partial charge in [0.25, 0.3) is 0 Å². The maximum absolute atomic E-state index is 5.08. The molecule has 0 spiro atoms. The molecule has 0 amide bonds. The van der Waals surface area contributed by atoms with Gasteiger partial charge in [-0.15, -0.1) is 0 Å². The Labute approximate surface area is 59.9 Å². The summed E-state index contributed by atoms with van der Waals surface area (Å²) in [6, 6.07) is 5.61. The van der Waals surface area contributed by atoms with Gasteiger partial charge in [0, 0.05) is 6.20 Å². The Kier molecular flexibility index (Phi) is 2.49. The molecule has 10 heavy (non-hydrogen) atoms. The van der Waals surface area contributed by atoms with E-state index in [1.807, 2.05) is 25.1 Å². The van der Waals surface area contributed by atoms with Crippen LogP contribution in [0.4, 0.5) is 0 Å². The molecule has 0 unspecified atom stereocenters. The molecule has 1 heterocycles. The minimum Gasteiger partial charge on any atom is -0.468 e. The van der Waals surface area contributed by atoms with E-state index in [1.54, 1.807) is 18.7 Å². The summed E-state index contributed by atoms with van der Waals surface area (Å²) >= 11 is 0. The molecular weight excluding hydrogens is 126 g/mol. The van der Waals surface area contributed by atoms with E-state index in [1.165, 1.54) is 0 Å². The smallest absolute Gasteiger partial charge is 0.109 e. The standard InChI is InChI=1S/C8H9NO/c1-8-4-2-3-5-9-6-7-10-8/h2-7H,1H3. The molecule has 2 heteroatoms. The van der Waals surface area contributed by atoms with Gasteiger partial charge in [-0.2, -0.15) is 0 Å². The van der Waals surface area contributed by atoms with Gasteiger partial charge in [-0.05, 0) is 19.1 Å². The van der Waals surface area contributed by atoms with Crippen LogP contribution in [0.2, 0.25) is 0 Å². The molecule has 0 saturated carbocycles. The Balaban J connectivity index is 3.13. The molecule has 0 aromatic carbocycles. The fourth-order valence-electron chi connectivity index (χ4n) is 0.552.